The van der Waals surface area contributed by atoms with Crippen LogP contribution in [0.4, 0.5) is 0 Å². The summed E-state index contributed by atoms with van der Waals surface area (Å²) in [6, 6.07) is 3.54. The quantitative estimate of drug-likeness (QED) is 0.0783. The second-order valence-corrected chi connectivity index (χ2v) is 7.21. The van der Waals surface area contributed by atoms with Gasteiger partial charge in [-0.3, -0.25) is 4.79 Å². The Hall–Kier alpha value is -4.19. The fourth-order valence-corrected chi connectivity index (χ4v) is 2.51. The van der Waals surface area contributed by atoms with Crippen LogP contribution in [0.15, 0.2) is 43.2 Å². The third-order valence-corrected chi connectivity index (χ3v) is 4.09. The van der Waals surface area contributed by atoms with Gasteiger partial charge in [0, 0.05) is 12.5 Å². The van der Waals surface area contributed by atoms with E-state index in [1.165, 1.54) is 45.2 Å². The summed E-state index contributed by atoms with van der Waals surface area (Å²) in [6.07, 6.45) is 0.346. The number of hydrogen-bond acceptors (Lipinski definition) is 12. The van der Waals surface area contributed by atoms with Gasteiger partial charge in [-0.2, -0.15) is 0 Å². The maximum absolute atomic E-state index is 12.6. The first-order chi connectivity index (χ1) is 17.5. The van der Waals surface area contributed by atoms with Crippen molar-refractivity contribution in [1.29, 1.82) is 0 Å². The Labute approximate surface area is 214 Å². The van der Waals surface area contributed by atoms with Gasteiger partial charge in [0.05, 0.1) is 29.6 Å². The summed E-state index contributed by atoms with van der Waals surface area (Å²) in [5.41, 5.74) is -0.209. The highest BCUT2D eigenvalue weighted by molar-refractivity contribution is 6.00. The molecule has 37 heavy (non-hydrogen) atoms. The monoisotopic (exact) mass is 522 g/mol. The van der Waals surface area contributed by atoms with Gasteiger partial charge in [0.25, 0.3) is 0 Å². The van der Waals surface area contributed by atoms with E-state index in [1.54, 1.807) is 0 Å². The largest absolute Gasteiger partial charge is 0.498 e. The molecule has 0 radical (unpaired) electrons. The number of benzene rings is 1. The summed E-state index contributed by atoms with van der Waals surface area (Å²) < 4.78 is 34.9. The minimum atomic E-state index is -0.886. The Kier molecular flexibility index (Phi) is 13.7. The van der Waals surface area contributed by atoms with Crippen LogP contribution < -0.4 is 0 Å². The molecule has 0 aliphatic rings. The summed E-state index contributed by atoms with van der Waals surface area (Å²) in [4.78, 5) is 59.8. The Morgan fingerprint density at radius 1 is 0.757 bits per heavy atom. The standard InChI is InChI=1S/C25H30O12/c1-6-31-7-8-34-23(28)19-13-20(24(29)35-10-9-32-18(5)37-17(4)26)15-21(14-19)25(30)36-12-11-33-22(27)16(2)3/h6,13-15,18H,1-2,7-12H2,3-5H3. The molecule has 1 atom stereocenters. The summed E-state index contributed by atoms with van der Waals surface area (Å²) in [7, 11) is 0. The van der Waals surface area contributed by atoms with Crippen LogP contribution in [-0.4, -0.2) is 75.8 Å². The van der Waals surface area contributed by atoms with Crippen LogP contribution in [0.3, 0.4) is 0 Å². The van der Waals surface area contributed by atoms with Crippen molar-refractivity contribution in [3.05, 3.63) is 59.9 Å². The zero-order valence-electron chi connectivity index (χ0n) is 20.9. The molecule has 0 aromatic heterocycles. The lowest BCUT2D eigenvalue weighted by Gasteiger charge is -2.13. The van der Waals surface area contributed by atoms with Gasteiger partial charge in [-0.25, -0.2) is 19.2 Å². The molecule has 0 aliphatic heterocycles. The molecule has 1 unspecified atom stereocenters. The summed E-state index contributed by atoms with van der Waals surface area (Å²) in [5.74, 6) is -3.75. The Morgan fingerprint density at radius 2 is 1.19 bits per heavy atom. The van der Waals surface area contributed by atoms with Gasteiger partial charge in [-0.05, 0) is 32.0 Å². The molecule has 1 aromatic rings. The van der Waals surface area contributed by atoms with Gasteiger partial charge in [-0.15, -0.1) is 0 Å². The molecule has 12 nitrogen and oxygen atoms in total. The first-order valence-corrected chi connectivity index (χ1v) is 11.1. The third-order valence-electron chi connectivity index (χ3n) is 4.09. The predicted octanol–water partition coefficient (Wildman–Crippen LogP) is 2.36. The smallest absolute Gasteiger partial charge is 0.338 e. The molecule has 0 amide bonds. The van der Waals surface area contributed by atoms with Crippen LogP contribution in [0.1, 0.15) is 51.8 Å². The highest BCUT2D eigenvalue weighted by Gasteiger charge is 2.19. The molecular weight excluding hydrogens is 492 g/mol. The molecule has 0 heterocycles. The van der Waals surface area contributed by atoms with Gasteiger partial charge in [0.15, 0.2) is 6.29 Å². The second kappa shape index (κ2) is 16.5. The molecule has 0 bridgehead atoms. The number of esters is 5. The topological polar surface area (TPSA) is 150 Å². The van der Waals surface area contributed by atoms with E-state index in [2.05, 4.69) is 13.2 Å². The van der Waals surface area contributed by atoms with Crippen molar-refractivity contribution in [2.24, 2.45) is 0 Å². The second-order valence-electron chi connectivity index (χ2n) is 7.21. The van der Waals surface area contributed by atoms with Gasteiger partial charge < -0.3 is 33.2 Å². The number of carbonyl (C=O) groups excluding carboxylic acids is 5. The van der Waals surface area contributed by atoms with E-state index in [1.807, 2.05) is 0 Å². The first-order valence-electron chi connectivity index (χ1n) is 11.1. The number of rotatable bonds is 16. The third kappa shape index (κ3) is 12.4. The summed E-state index contributed by atoms with van der Waals surface area (Å²) >= 11 is 0. The van der Waals surface area contributed by atoms with Crippen LogP contribution in [-0.2, 0) is 42.7 Å². The average Bonchev–Trinajstić information content (AvgIpc) is 2.85. The van der Waals surface area contributed by atoms with Crippen LogP contribution >= 0.6 is 0 Å². The summed E-state index contributed by atoms with van der Waals surface area (Å²) in [6.45, 7) is 10.2. The van der Waals surface area contributed by atoms with Crippen LogP contribution in [0.5, 0.6) is 0 Å². The molecule has 0 N–H and O–H groups in total. The Balaban J connectivity index is 2.89. The molecule has 0 aliphatic carbocycles. The van der Waals surface area contributed by atoms with Gasteiger partial charge in [0.2, 0.25) is 0 Å². The van der Waals surface area contributed by atoms with Crippen molar-refractivity contribution in [2.45, 2.75) is 27.1 Å². The Bertz CT molecular complexity index is 997. The van der Waals surface area contributed by atoms with E-state index in [0.717, 1.165) is 0 Å². The molecule has 1 aromatic carbocycles. The lowest BCUT2D eigenvalue weighted by atomic mass is 10.1. The van der Waals surface area contributed by atoms with Gasteiger partial charge in [0.1, 0.15) is 33.0 Å². The maximum atomic E-state index is 12.6. The van der Waals surface area contributed by atoms with E-state index in [0.29, 0.717) is 0 Å². The van der Waals surface area contributed by atoms with E-state index in [9.17, 15) is 24.0 Å². The van der Waals surface area contributed by atoms with E-state index in [-0.39, 0.29) is 61.9 Å². The normalized spacial score (nSPS) is 10.9. The average molecular weight is 523 g/mol. The fourth-order valence-electron chi connectivity index (χ4n) is 2.51. The van der Waals surface area contributed by atoms with Crippen LogP contribution in [0.2, 0.25) is 0 Å². The van der Waals surface area contributed by atoms with Crippen molar-refractivity contribution in [3.8, 4) is 0 Å². The van der Waals surface area contributed by atoms with Gasteiger partial charge >= 0.3 is 29.8 Å². The maximum Gasteiger partial charge on any atom is 0.338 e. The molecule has 12 heteroatoms. The number of carbonyl (C=O) groups is 5. The lowest BCUT2D eigenvalue weighted by Crippen LogP contribution is -2.20. The fraction of sp³-hybridized carbons (Fsp3) is 0.400. The van der Waals surface area contributed by atoms with E-state index < -0.39 is 36.1 Å². The molecule has 202 valence electrons. The van der Waals surface area contributed by atoms with Crippen molar-refractivity contribution in [1.82, 2.24) is 0 Å². The highest BCUT2D eigenvalue weighted by Crippen LogP contribution is 2.15. The van der Waals surface area contributed by atoms with Crippen molar-refractivity contribution < 1.29 is 57.1 Å². The highest BCUT2D eigenvalue weighted by atomic mass is 16.7. The number of hydrogen-bond donors (Lipinski definition) is 0. The number of ether oxygens (including phenoxy) is 7. The minimum Gasteiger partial charge on any atom is -0.498 e. The Morgan fingerprint density at radius 3 is 1.62 bits per heavy atom. The zero-order valence-corrected chi connectivity index (χ0v) is 20.9. The molecule has 0 fully saturated rings. The van der Waals surface area contributed by atoms with Crippen molar-refractivity contribution >= 4 is 29.8 Å². The minimum absolute atomic E-state index is 0.0561. The molecule has 0 saturated carbocycles. The molecule has 1 rings (SSSR count). The summed E-state index contributed by atoms with van der Waals surface area (Å²) in [5, 5.41) is 0. The SMILES string of the molecule is C=COCCOC(=O)c1cc(C(=O)OCCOC(=O)C(=C)C)cc(C(=O)OCCOC(C)OC(C)=O)c1. The van der Waals surface area contributed by atoms with Crippen LogP contribution in [0.25, 0.3) is 0 Å². The van der Waals surface area contributed by atoms with Crippen molar-refractivity contribution in [3.63, 3.8) is 0 Å². The zero-order chi connectivity index (χ0) is 27.8. The predicted molar refractivity (Wildman–Crippen MR) is 126 cm³/mol. The molecule has 0 saturated heterocycles. The van der Waals surface area contributed by atoms with E-state index in [4.69, 9.17) is 33.2 Å². The molecule has 0 spiro atoms. The molecular formula is C25H30O12. The van der Waals surface area contributed by atoms with Crippen molar-refractivity contribution in [2.75, 3.05) is 39.6 Å². The lowest BCUT2D eigenvalue weighted by molar-refractivity contribution is -0.173. The van der Waals surface area contributed by atoms with E-state index >= 15 is 0 Å². The van der Waals surface area contributed by atoms with Gasteiger partial charge in [-0.1, -0.05) is 13.2 Å². The first kappa shape index (κ1) is 30.8. The van der Waals surface area contributed by atoms with Crippen LogP contribution in [0, 0.1) is 0 Å².